The van der Waals surface area contributed by atoms with E-state index >= 15 is 0 Å². The number of nitrogens with zero attached hydrogens (tertiary/aromatic N) is 2. The average molecular weight is 273 g/mol. The van der Waals surface area contributed by atoms with Gasteiger partial charge in [0.1, 0.15) is 0 Å². The van der Waals surface area contributed by atoms with Crippen molar-refractivity contribution in [3.63, 3.8) is 0 Å². The van der Waals surface area contributed by atoms with Gasteiger partial charge in [-0.05, 0) is 24.1 Å². The lowest BCUT2D eigenvalue weighted by Gasteiger charge is -2.19. The first-order valence-electron chi connectivity index (χ1n) is 7.19. The van der Waals surface area contributed by atoms with E-state index in [0.29, 0.717) is 6.54 Å². The maximum absolute atomic E-state index is 11.9. The Morgan fingerprint density at radius 2 is 1.85 bits per heavy atom. The Labute approximate surface area is 120 Å². The highest BCUT2D eigenvalue weighted by Gasteiger charge is 2.12. The zero-order chi connectivity index (χ0) is 14.5. The summed E-state index contributed by atoms with van der Waals surface area (Å²) in [5, 5.41) is 3.45. The van der Waals surface area contributed by atoms with Gasteiger partial charge in [0, 0.05) is 26.0 Å². The summed E-state index contributed by atoms with van der Waals surface area (Å²) in [5.74, 6) is 0. The van der Waals surface area contributed by atoms with Gasteiger partial charge in [0.05, 0.1) is 6.04 Å². The third kappa shape index (κ3) is 3.20. The van der Waals surface area contributed by atoms with Crippen LogP contribution in [0.2, 0.25) is 0 Å². The van der Waals surface area contributed by atoms with Gasteiger partial charge in [0.25, 0.3) is 0 Å². The summed E-state index contributed by atoms with van der Waals surface area (Å²) in [7, 11) is 1.77. The first kappa shape index (κ1) is 14.6. The summed E-state index contributed by atoms with van der Waals surface area (Å²) in [6.07, 6.45) is 4.68. The number of imidazole rings is 1. The topological polar surface area (TPSA) is 39.0 Å². The van der Waals surface area contributed by atoms with Gasteiger partial charge >= 0.3 is 5.69 Å². The molecular formula is C16H23N3O. The molecule has 4 nitrogen and oxygen atoms in total. The number of benzene rings is 1. The highest BCUT2D eigenvalue weighted by Crippen LogP contribution is 2.16. The largest absolute Gasteiger partial charge is 0.327 e. The lowest BCUT2D eigenvalue weighted by molar-refractivity contribution is 0.464. The SMILES string of the molecule is CCNC(Cn1ccn(C)c1=O)c1ccc(CC)cc1. The van der Waals surface area contributed by atoms with E-state index in [-0.39, 0.29) is 11.7 Å². The number of hydrogen-bond acceptors (Lipinski definition) is 2. The first-order chi connectivity index (χ1) is 9.65. The van der Waals surface area contributed by atoms with E-state index in [9.17, 15) is 4.79 Å². The van der Waals surface area contributed by atoms with Crippen molar-refractivity contribution in [2.45, 2.75) is 32.9 Å². The highest BCUT2D eigenvalue weighted by atomic mass is 16.1. The zero-order valence-electron chi connectivity index (χ0n) is 12.5. The summed E-state index contributed by atoms with van der Waals surface area (Å²) in [6, 6.07) is 8.78. The van der Waals surface area contributed by atoms with Crippen molar-refractivity contribution >= 4 is 0 Å². The van der Waals surface area contributed by atoms with Crippen LogP contribution >= 0.6 is 0 Å². The summed E-state index contributed by atoms with van der Waals surface area (Å²) < 4.78 is 3.35. The molecule has 1 atom stereocenters. The molecule has 1 aromatic heterocycles. The van der Waals surface area contributed by atoms with Crippen molar-refractivity contribution in [2.75, 3.05) is 6.54 Å². The van der Waals surface area contributed by atoms with E-state index in [1.807, 2.05) is 6.20 Å². The monoisotopic (exact) mass is 273 g/mol. The zero-order valence-corrected chi connectivity index (χ0v) is 12.5. The summed E-state index contributed by atoms with van der Waals surface area (Å²) in [5.41, 5.74) is 2.58. The van der Waals surface area contributed by atoms with Gasteiger partial charge in [-0.1, -0.05) is 38.1 Å². The Kier molecular flexibility index (Phi) is 4.79. The van der Waals surface area contributed by atoms with Crippen molar-refractivity contribution < 1.29 is 0 Å². The fraction of sp³-hybridized carbons (Fsp3) is 0.438. The molecule has 1 heterocycles. The molecule has 0 spiro atoms. The summed E-state index contributed by atoms with van der Waals surface area (Å²) in [6.45, 7) is 5.77. The third-order valence-corrected chi connectivity index (χ3v) is 3.64. The Morgan fingerprint density at radius 1 is 1.15 bits per heavy atom. The Bertz CT molecular complexity index is 595. The molecule has 1 N–H and O–H groups in total. The van der Waals surface area contributed by atoms with Crippen molar-refractivity contribution in [2.24, 2.45) is 7.05 Å². The number of aromatic nitrogens is 2. The quantitative estimate of drug-likeness (QED) is 0.875. The fourth-order valence-corrected chi connectivity index (χ4v) is 2.37. The molecule has 0 aliphatic heterocycles. The van der Waals surface area contributed by atoms with Crippen LogP contribution in [0, 0.1) is 0 Å². The predicted molar refractivity (Wildman–Crippen MR) is 81.9 cm³/mol. The van der Waals surface area contributed by atoms with Crippen LogP contribution < -0.4 is 11.0 Å². The minimum Gasteiger partial charge on any atom is -0.309 e. The van der Waals surface area contributed by atoms with Gasteiger partial charge in [-0.3, -0.25) is 4.57 Å². The molecule has 4 heteroatoms. The van der Waals surface area contributed by atoms with Crippen LogP contribution in [-0.2, 0) is 20.0 Å². The second-order valence-electron chi connectivity index (χ2n) is 5.05. The van der Waals surface area contributed by atoms with E-state index in [1.165, 1.54) is 11.1 Å². The lowest BCUT2D eigenvalue weighted by Crippen LogP contribution is -2.30. The first-order valence-corrected chi connectivity index (χ1v) is 7.19. The molecule has 0 bridgehead atoms. The molecular weight excluding hydrogens is 250 g/mol. The predicted octanol–water partition coefficient (Wildman–Crippen LogP) is 2.10. The number of hydrogen-bond donors (Lipinski definition) is 1. The van der Waals surface area contributed by atoms with Crippen LogP contribution in [0.4, 0.5) is 0 Å². The van der Waals surface area contributed by atoms with Crippen molar-refractivity contribution in [3.8, 4) is 0 Å². The van der Waals surface area contributed by atoms with Gasteiger partial charge in [0.15, 0.2) is 0 Å². The number of rotatable bonds is 6. The van der Waals surface area contributed by atoms with Gasteiger partial charge < -0.3 is 9.88 Å². The van der Waals surface area contributed by atoms with Crippen molar-refractivity contribution in [1.29, 1.82) is 0 Å². The van der Waals surface area contributed by atoms with E-state index < -0.39 is 0 Å². The normalized spacial score (nSPS) is 12.6. The van der Waals surface area contributed by atoms with Crippen molar-refractivity contribution in [3.05, 3.63) is 58.3 Å². The Morgan fingerprint density at radius 3 is 2.35 bits per heavy atom. The van der Waals surface area contributed by atoms with Crippen LogP contribution in [-0.4, -0.2) is 15.7 Å². The maximum atomic E-state index is 11.9. The van der Waals surface area contributed by atoms with Crippen molar-refractivity contribution in [1.82, 2.24) is 14.5 Å². The van der Waals surface area contributed by atoms with E-state index in [2.05, 4.69) is 43.4 Å². The minimum absolute atomic E-state index is 0.0260. The molecule has 0 aliphatic carbocycles. The van der Waals surface area contributed by atoms with E-state index in [1.54, 1.807) is 22.4 Å². The van der Waals surface area contributed by atoms with E-state index in [4.69, 9.17) is 0 Å². The third-order valence-electron chi connectivity index (χ3n) is 3.64. The highest BCUT2D eigenvalue weighted by molar-refractivity contribution is 5.25. The second-order valence-corrected chi connectivity index (χ2v) is 5.05. The van der Waals surface area contributed by atoms with Gasteiger partial charge in [-0.2, -0.15) is 0 Å². The van der Waals surface area contributed by atoms with Crippen LogP contribution in [0.3, 0.4) is 0 Å². The molecule has 0 saturated heterocycles. The van der Waals surface area contributed by atoms with Gasteiger partial charge in [-0.25, -0.2) is 4.79 Å². The van der Waals surface area contributed by atoms with Crippen LogP contribution in [0.1, 0.15) is 31.0 Å². The number of nitrogens with one attached hydrogen (secondary N) is 1. The molecule has 0 aliphatic rings. The standard InChI is InChI=1S/C16H23N3O/c1-4-13-6-8-14(9-7-13)15(17-5-2)12-19-11-10-18(3)16(19)20/h6-11,15,17H,4-5,12H2,1-3H3. The smallest absolute Gasteiger partial charge is 0.309 e. The molecule has 0 amide bonds. The summed E-state index contributed by atoms with van der Waals surface area (Å²) >= 11 is 0. The molecule has 2 rings (SSSR count). The molecule has 108 valence electrons. The van der Waals surface area contributed by atoms with Crippen LogP contribution in [0.15, 0.2) is 41.5 Å². The van der Waals surface area contributed by atoms with Gasteiger partial charge in [-0.15, -0.1) is 0 Å². The number of likely N-dealkylation sites (N-methyl/N-ethyl adjacent to an activating group) is 1. The Hall–Kier alpha value is -1.81. The van der Waals surface area contributed by atoms with Gasteiger partial charge in [0.2, 0.25) is 0 Å². The minimum atomic E-state index is 0.0260. The molecule has 0 fully saturated rings. The fourth-order valence-electron chi connectivity index (χ4n) is 2.37. The Balaban J connectivity index is 2.21. The van der Waals surface area contributed by atoms with Crippen LogP contribution in [0.5, 0.6) is 0 Å². The molecule has 0 radical (unpaired) electrons. The lowest BCUT2D eigenvalue weighted by atomic mass is 10.0. The second kappa shape index (κ2) is 6.57. The molecule has 1 unspecified atom stereocenters. The molecule has 20 heavy (non-hydrogen) atoms. The molecule has 1 aromatic carbocycles. The molecule has 2 aromatic rings. The summed E-state index contributed by atoms with van der Waals surface area (Å²) in [4.78, 5) is 11.9. The average Bonchev–Trinajstić information content (AvgIpc) is 2.79. The number of aryl methyl sites for hydroxylation is 2. The molecule has 0 saturated carbocycles. The van der Waals surface area contributed by atoms with E-state index in [0.717, 1.165) is 13.0 Å². The van der Waals surface area contributed by atoms with Crippen LogP contribution in [0.25, 0.3) is 0 Å². The maximum Gasteiger partial charge on any atom is 0.327 e.